The van der Waals surface area contributed by atoms with E-state index in [1.165, 1.54) is 12.1 Å². The minimum Gasteiger partial charge on any atom is -0.493 e. The zero-order chi connectivity index (χ0) is 15.9. The van der Waals surface area contributed by atoms with E-state index in [0.29, 0.717) is 17.2 Å². The van der Waals surface area contributed by atoms with Crippen molar-refractivity contribution in [2.75, 3.05) is 19.6 Å². The van der Waals surface area contributed by atoms with Gasteiger partial charge in [0.1, 0.15) is 0 Å². The van der Waals surface area contributed by atoms with Crippen molar-refractivity contribution in [3.8, 4) is 11.5 Å². The van der Waals surface area contributed by atoms with Crippen LogP contribution in [0.5, 0.6) is 11.5 Å². The number of methoxy groups -OCH3 is 2. The van der Waals surface area contributed by atoms with Crippen LogP contribution < -0.4 is 14.9 Å². The van der Waals surface area contributed by atoms with Crippen LogP contribution in [0.1, 0.15) is 15.9 Å². The van der Waals surface area contributed by atoms with Crippen LogP contribution in [0.25, 0.3) is 0 Å². The molecule has 0 aromatic heterocycles. The molecule has 0 amide bonds. The molecule has 0 atom stereocenters. The summed E-state index contributed by atoms with van der Waals surface area (Å²) in [5.41, 5.74) is 4.50. The third-order valence-corrected chi connectivity index (χ3v) is 2.96. The van der Waals surface area contributed by atoms with Crippen LogP contribution in [-0.2, 0) is 0 Å². The van der Waals surface area contributed by atoms with Gasteiger partial charge in [0.25, 0.3) is 0 Å². The minimum atomic E-state index is -0.962. The van der Waals surface area contributed by atoms with E-state index in [0.717, 1.165) is 5.56 Å². The first-order valence-electron chi connectivity index (χ1n) is 6.49. The first kappa shape index (κ1) is 15.4. The summed E-state index contributed by atoms with van der Waals surface area (Å²) in [6.07, 6.45) is 1.60. The molecule has 2 N–H and O–H groups in total. The number of nitrogens with one attached hydrogen (secondary N) is 1. The minimum absolute atomic E-state index is 0.226. The Morgan fingerprint density at radius 2 is 1.86 bits per heavy atom. The Bertz CT molecular complexity index is 681. The summed E-state index contributed by atoms with van der Waals surface area (Å²) < 4.78 is 10.5. The van der Waals surface area contributed by atoms with Gasteiger partial charge in [-0.15, -0.1) is 0 Å². The average Bonchev–Trinajstić information content (AvgIpc) is 2.55. The molecule has 22 heavy (non-hydrogen) atoms. The maximum atomic E-state index is 10.8. The van der Waals surface area contributed by atoms with Crippen molar-refractivity contribution in [3.05, 3.63) is 53.6 Å². The average molecular weight is 300 g/mol. The number of aromatic carboxylic acids is 1. The number of anilines is 1. The van der Waals surface area contributed by atoms with Crippen molar-refractivity contribution >= 4 is 17.9 Å². The van der Waals surface area contributed by atoms with Crippen LogP contribution >= 0.6 is 0 Å². The fraction of sp³-hybridized carbons (Fsp3) is 0.125. The number of para-hydroxylation sites is 1. The lowest BCUT2D eigenvalue weighted by molar-refractivity contribution is 0.0697. The van der Waals surface area contributed by atoms with Gasteiger partial charge in [0.05, 0.1) is 31.7 Å². The van der Waals surface area contributed by atoms with E-state index in [1.807, 2.05) is 12.1 Å². The molecule has 0 heterocycles. The van der Waals surface area contributed by atoms with Crippen LogP contribution in [0.4, 0.5) is 5.69 Å². The second-order valence-electron chi connectivity index (χ2n) is 4.34. The van der Waals surface area contributed by atoms with E-state index >= 15 is 0 Å². The smallest absolute Gasteiger partial charge is 0.335 e. The first-order chi connectivity index (χ1) is 10.7. The summed E-state index contributed by atoms with van der Waals surface area (Å²) >= 11 is 0. The van der Waals surface area contributed by atoms with Gasteiger partial charge < -0.3 is 14.6 Å². The van der Waals surface area contributed by atoms with Gasteiger partial charge in [-0.1, -0.05) is 6.07 Å². The Balaban J connectivity index is 2.11. The van der Waals surface area contributed by atoms with Crippen LogP contribution in [0.3, 0.4) is 0 Å². The molecule has 0 aliphatic heterocycles. The Morgan fingerprint density at radius 1 is 1.14 bits per heavy atom. The summed E-state index contributed by atoms with van der Waals surface area (Å²) in [5.74, 6) is 0.255. The summed E-state index contributed by atoms with van der Waals surface area (Å²) in [6.45, 7) is 0. The highest BCUT2D eigenvalue weighted by molar-refractivity contribution is 5.88. The standard InChI is InChI=1S/C16H16N2O4/c1-21-14-5-3-4-12(15(14)22-2)10-17-18-13-8-6-11(7-9-13)16(19)20/h3-10,18H,1-2H3,(H,19,20)/b17-10+. The van der Waals surface area contributed by atoms with Crippen molar-refractivity contribution < 1.29 is 19.4 Å². The second kappa shape index (κ2) is 7.12. The molecule has 0 saturated heterocycles. The highest BCUT2D eigenvalue weighted by Crippen LogP contribution is 2.29. The number of hydrogen-bond donors (Lipinski definition) is 2. The molecule has 2 rings (SSSR count). The van der Waals surface area contributed by atoms with Crippen molar-refractivity contribution in [3.63, 3.8) is 0 Å². The third kappa shape index (κ3) is 3.54. The fourth-order valence-corrected chi connectivity index (χ4v) is 1.88. The van der Waals surface area contributed by atoms with Gasteiger partial charge in [0, 0.05) is 5.56 Å². The van der Waals surface area contributed by atoms with E-state index in [4.69, 9.17) is 14.6 Å². The molecular weight excluding hydrogens is 284 g/mol. The normalized spacial score (nSPS) is 10.5. The number of carboxylic acids is 1. The summed E-state index contributed by atoms with van der Waals surface area (Å²) in [6, 6.07) is 11.8. The molecule has 0 aliphatic rings. The highest BCUT2D eigenvalue weighted by Gasteiger charge is 2.07. The number of hydrogen-bond acceptors (Lipinski definition) is 5. The summed E-state index contributed by atoms with van der Waals surface area (Å²) in [4.78, 5) is 10.8. The molecule has 6 heteroatoms. The number of rotatable bonds is 6. The molecule has 0 bridgehead atoms. The zero-order valence-corrected chi connectivity index (χ0v) is 12.2. The number of carbonyl (C=O) groups is 1. The van der Waals surface area contributed by atoms with E-state index in [-0.39, 0.29) is 5.56 Å². The molecule has 114 valence electrons. The van der Waals surface area contributed by atoms with Gasteiger partial charge in [-0.05, 0) is 36.4 Å². The van der Waals surface area contributed by atoms with Gasteiger partial charge in [0.15, 0.2) is 11.5 Å². The Morgan fingerprint density at radius 3 is 2.45 bits per heavy atom. The van der Waals surface area contributed by atoms with Crippen molar-refractivity contribution in [2.24, 2.45) is 5.10 Å². The van der Waals surface area contributed by atoms with E-state index in [1.54, 1.807) is 38.6 Å². The van der Waals surface area contributed by atoms with Gasteiger partial charge in [-0.2, -0.15) is 5.10 Å². The lowest BCUT2D eigenvalue weighted by atomic mass is 10.2. The molecule has 0 unspecified atom stereocenters. The molecule has 0 aliphatic carbocycles. The maximum Gasteiger partial charge on any atom is 0.335 e. The zero-order valence-electron chi connectivity index (χ0n) is 12.2. The Kier molecular flexibility index (Phi) is 4.98. The molecule has 2 aromatic carbocycles. The number of ether oxygens (including phenoxy) is 2. The van der Waals surface area contributed by atoms with Crippen LogP contribution in [0, 0.1) is 0 Å². The third-order valence-electron chi connectivity index (χ3n) is 2.96. The first-order valence-corrected chi connectivity index (χ1v) is 6.49. The quantitative estimate of drug-likeness (QED) is 0.633. The van der Waals surface area contributed by atoms with Crippen LogP contribution in [0.2, 0.25) is 0 Å². The SMILES string of the molecule is COc1cccc(/C=N/Nc2ccc(C(=O)O)cc2)c1OC. The predicted octanol–water partition coefficient (Wildman–Crippen LogP) is 2.85. The van der Waals surface area contributed by atoms with Crippen molar-refractivity contribution in [1.29, 1.82) is 0 Å². The molecule has 0 spiro atoms. The Labute approximate surface area is 128 Å². The molecule has 0 saturated carbocycles. The lowest BCUT2D eigenvalue weighted by Gasteiger charge is -2.09. The van der Waals surface area contributed by atoms with Gasteiger partial charge in [-0.25, -0.2) is 4.79 Å². The van der Waals surface area contributed by atoms with Gasteiger partial charge in [-0.3, -0.25) is 5.43 Å². The van der Waals surface area contributed by atoms with Crippen molar-refractivity contribution in [1.82, 2.24) is 0 Å². The number of benzene rings is 2. The highest BCUT2D eigenvalue weighted by atomic mass is 16.5. The molecule has 2 aromatic rings. The largest absolute Gasteiger partial charge is 0.493 e. The summed E-state index contributed by atoms with van der Waals surface area (Å²) in [5, 5.41) is 12.9. The molecule has 0 radical (unpaired) electrons. The van der Waals surface area contributed by atoms with Crippen LogP contribution in [-0.4, -0.2) is 31.5 Å². The maximum absolute atomic E-state index is 10.8. The summed E-state index contributed by atoms with van der Waals surface area (Å²) in [7, 11) is 3.13. The lowest BCUT2D eigenvalue weighted by Crippen LogP contribution is -1.98. The Hall–Kier alpha value is -3.02. The predicted molar refractivity (Wildman–Crippen MR) is 84.2 cm³/mol. The van der Waals surface area contributed by atoms with Gasteiger partial charge >= 0.3 is 5.97 Å². The monoisotopic (exact) mass is 300 g/mol. The number of carboxylic acid groups (broad SMARTS) is 1. The van der Waals surface area contributed by atoms with E-state index in [9.17, 15) is 4.79 Å². The number of nitrogens with zero attached hydrogens (tertiary/aromatic N) is 1. The van der Waals surface area contributed by atoms with E-state index < -0.39 is 5.97 Å². The molecule has 0 fully saturated rings. The fourth-order valence-electron chi connectivity index (χ4n) is 1.88. The number of hydrazone groups is 1. The van der Waals surface area contributed by atoms with Gasteiger partial charge in [0.2, 0.25) is 0 Å². The second-order valence-corrected chi connectivity index (χ2v) is 4.34. The molecule has 6 nitrogen and oxygen atoms in total. The molecular formula is C16H16N2O4. The topological polar surface area (TPSA) is 80.2 Å². The van der Waals surface area contributed by atoms with E-state index in [2.05, 4.69) is 10.5 Å². The van der Waals surface area contributed by atoms with Crippen molar-refractivity contribution in [2.45, 2.75) is 0 Å². The van der Waals surface area contributed by atoms with Crippen LogP contribution in [0.15, 0.2) is 47.6 Å².